The van der Waals surface area contributed by atoms with Gasteiger partial charge in [0, 0.05) is 0 Å². The third-order valence-corrected chi connectivity index (χ3v) is 2.07. The first-order valence-electron chi connectivity index (χ1n) is 1.63. The molecule has 0 radical (unpaired) electrons. The summed E-state index contributed by atoms with van der Waals surface area (Å²) in [7, 11) is -11.2. The predicted molar refractivity (Wildman–Crippen MR) is 17.4 cm³/mol. The zero-order chi connectivity index (χ0) is 8.41. The largest absolute Gasteiger partial charge is 1.00 e. The Kier molecular flexibility index (Phi) is 37.6. The van der Waals surface area contributed by atoms with E-state index >= 15 is 0 Å². The Morgan fingerprint density at radius 1 is 0.857 bits per heavy atom. The second-order valence-corrected chi connectivity index (χ2v) is 3.64. The van der Waals surface area contributed by atoms with Crippen LogP contribution in [0.4, 0.5) is 0 Å². The summed E-state index contributed by atoms with van der Waals surface area (Å²) in [4.78, 5) is 28.6. The molecule has 0 bridgehead atoms. The fourth-order valence-corrected chi connectivity index (χ4v) is 1.22. The first kappa shape index (κ1) is 32.6. The Morgan fingerprint density at radius 3 is 1.21 bits per heavy atom. The summed E-state index contributed by atoms with van der Waals surface area (Å²) in [6.45, 7) is 0. The van der Waals surface area contributed by atoms with Gasteiger partial charge < -0.3 is 29.2 Å². The maximum Gasteiger partial charge on any atom is 1.00 e. The smallest absolute Gasteiger partial charge is 0.790 e. The van der Waals surface area contributed by atoms with Crippen LogP contribution in [0.5, 0.6) is 0 Å². The fourth-order valence-electron chi connectivity index (χ4n) is 0.136. The van der Waals surface area contributed by atoms with Crippen molar-refractivity contribution in [2.75, 3.05) is 0 Å². The molecule has 1 unspecified atom stereocenters. The van der Waals surface area contributed by atoms with Crippen molar-refractivity contribution in [1.29, 1.82) is 0 Å². The molecule has 0 fully saturated rings. The average Bonchev–Trinajstić information content (AvgIpc) is 1.60. The van der Waals surface area contributed by atoms with Crippen LogP contribution in [0.15, 0.2) is 0 Å². The quantitative estimate of drug-likeness (QED) is 0.212. The van der Waals surface area contributed by atoms with E-state index in [0.717, 1.165) is 0 Å². The molecule has 0 heterocycles. The van der Waals surface area contributed by atoms with E-state index in [2.05, 4.69) is 8.99 Å². The molecule has 62 valence electrons. The zero-order valence-electron chi connectivity index (χ0n) is 8.16. The van der Waals surface area contributed by atoms with Crippen LogP contribution in [-0.2, 0) is 18.1 Å². The van der Waals surface area contributed by atoms with Crippen molar-refractivity contribution in [1.82, 2.24) is 0 Å². The van der Waals surface area contributed by atoms with Crippen LogP contribution in [0.1, 0.15) is 0 Å². The summed E-state index contributed by atoms with van der Waals surface area (Å²) in [6, 6.07) is 0. The third-order valence-electron chi connectivity index (χ3n) is 0.291. The van der Waals surface area contributed by atoms with Gasteiger partial charge in [-0.05, 0) is 0 Å². The molecule has 0 aliphatic carbocycles. The summed E-state index contributed by atoms with van der Waals surface area (Å²) < 4.78 is 24.1. The molecule has 14 heavy (non-hydrogen) atoms. The van der Waals surface area contributed by atoms with E-state index < -0.39 is 15.6 Å². The monoisotopic (exact) mass is 346 g/mol. The van der Waals surface area contributed by atoms with Gasteiger partial charge in [-0.15, -0.1) is 0 Å². The van der Waals surface area contributed by atoms with Gasteiger partial charge in [-0.2, -0.15) is 0 Å². The average molecular weight is 346 g/mol. The summed E-state index contributed by atoms with van der Waals surface area (Å²) in [6.07, 6.45) is 0. The molecule has 0 aromatic rings. The van der Waals surface area contributed by atoms with Crippen molar-refractivity contribution in [2.24, 2.45) is 0 Å². The first-order valence-corrected chi connectivity index (χ1v) is 4.55. The van der Waals surface area contributed by atoms with Gasteiger partial charge in [0.25, 0.3) is 7.82 Å². The van der Waals surface area contributed by atoms with Gasteiger partial charge in [0.15, 0.2) is 0 Å². The number of hydrogen-bond donors (Lipinski definition) is 0. The van der Waals surface area contributed by atoms with Gasteiger partial charge in [0.05, 0.1) is 7.82 Å². The van der Waals surface area contributed by atoms with E-state index in [9.17, 15) is 23.8 Å². The van der Waals surface area contributed by atoms with Gasteiger partial charge in [0.1, 0.15) is 0 Å². The maximum atomic E-state index is 9.71. The minimum atomic E-state index is -5.70. The molecule has 1 atom stereocenters. The van der Waals surface area contributed by atoms with E-state index in [4.69, 9.17) is 5.26 Å². The Labute approximate surface area is 250 Å². The van der Waals surface area contributed by atoms with Crippen molar-refractivity contribution < 1.29 is 244 Å². The molecule has 0 aromatic heterocycles. The van der Waals surface area contributed by atoms with Crippen molar-refractivity contribution in [3.05, 3.63) is 0 Å². The summed E-state index contributed by atoms with van der Waals surface area (Å²) in [5.41, 5.74) is 0. The van der Waals surface area contributed by atoms with E-state index in [0.29, 0.717) is 0 Å². The number of rotatable bonds is 3. The molecule has 0 spiro atoms. The SMILES string of the molecule is O=P([O-])([O-])OP(=O)([O-])O[O-].[K+].[K+].[K+].[K+]. The van der Waals surface area contributed by atoms with Crippen LogP contribution in [0, 0.1) is 0 Å². The van der Waals surface area contributed by atoms with Crippen LogP contribution in [0.25, 0.3) is 0 Å². The molecule has 0 saturated carbocycles. The molecule has 8 nitrogen and oxygen atoms in total. The first-order chi connectivity index (χ1) is 4.27. The van der Waals surface area contributed by atoms with Gasteiger partial charge in [-0.3, -0.25) is 8.88 Å². The molecule has 0 saturated heterocycles. The molecule has 0 N–H and O–H groups in total. The van der Waals surface area contributed by atoms with Crippen molar-refractivity contribution >= 4 is 15.6 Å². The number of phosphoric acid groups is 2. The second-order valence-electron chi connectivity index (χ2n) is 1.05. The molecule has 0 aliphatic heterocycles. The third kappa shape index (κ3) is 23.8. The molecule has 0 rings (SSSR count). The fraction of sp³-hybridized carbons (Fsp3) is 0. The van der Waals surface area contributed by atoms with Crippen molar-refractivity contribution in [3.63, 3.8) is 0 Å². The van der Waals surface area contributed by atoms with E-state index in [1.54, 1.807) is 0 Å². The molecule has 0 amide bonds. The molecule has 0 aliphatic rings. The Balaban J connectivity index is -0.0000000675. The van der Waals surface area contributed by atoms with E-state index in [1.165, 1.54) is 0 Å². The molecular formula is K4O8P2. The van der Waals surface area contributed by atoms with Crippen LogP contribution in [0.2, 0.25) is 0 Å². The number of hydrogen-bond acceptors (Lipinski definition) is 8. The van der Waals surface area contributed by atoms with Crippen LogP contribution < -0.4 is 225 Å². The van der Waals surface area contributed by atoms with Crippen molar-refractivity contribution in [3.8, 4) is 0 Å². The molecular weight excluding hydrogens is 346 g/mol. The predicted octanol–water partition coefficient (Wildman–Crippen LogP) is -15.4. The molecule has 0 aromatic carbocycles. The second kappa shape index (κ2) is 16.1. The topological polar surface area (TPSA) is 145 Å². The van der Waals surface area contributed by atoms with E-state index in [1.807, 2.05) is 0 Å². The minimum absolute atomic E-state index is 0. The van der Waals surface area contributed by atoms with Gasteiger partial charge in [0.2, 0.25) is 0 Å². The Hall–Kier alpha value is 6.77. The zero-order valence-corrected chi connectivity index (χ0v) is 22.4. The van der Waals surface area contributed by atoms with E-state index in [-0.39, 0.29) is 206 Å². The van der Waals surface area contributed by atoms with Crippen LogP contribution in [-0.4, -0.2) is 0 Å². The maximum absolute atomic E-state index is 9.71. The van der Waals surface area contributed by atoms with Crippen LogP contribution in [0.3, 0.4) is 0 Å². The summed E-state index contributed by atoms with van der Waals surface area (Å²) in [5.74, 6) is 0. The Morgan fingerprint density at radius 2 is 1.14 bits per heavy atom. The standard InChI is InChI=1S/4K.H4O8P2/c;;;;1-7-10(5,6)8-9(2,3)4/h;;;;1H,(H,5,6)(H2,2,3,4)/q4*+1;/p-4. The summed E-state index contributed by atoms with van der Waals surface area (Å²) >= 11 is 0. The van der Waals surface area contributed by atoms with Gasteiger partial charge >= 0.3 is 206 Å². The normalized spacial score (nSPS) is 13.1. The van der Waals surface area contributed by atoms with Gasteiger partial charge in [-0.25, -0.2) is 0 Å². The van der Waals surface area contributed by atoms with Crippen molar-refractivity contribution in [2.45, 2.75) is 0 Å². The van der Waals surface area contributed by atoms with Gasteiger partial charge in [-0.1, -0.05) is 0 Å². The Bertz CT molecular complexity index is 198. The molecule has 14 heteroatoms. The summed E-state index contributed by atoms with van der Waals surface area (Å²) in [5, 5.41) is 9.03. The minimum Gasteiger partial charge on any atom is -0.790 e. The van der Waals surface area contributed by atoms with Crippen LogP contribution >= 0.6 is 15.6 Å².